The molecule has 6 nitrogen and oxygen atoms in total. The molecule has 0 aromatic heterocycles. The van der Waals surface area contributed by atoms with Crippen LogP contribution >= 0.6 is 7.67 Å². The molecule has 3 saturated heterocycles. The second-order valence-corrected chi connectivity index (χ2v) is 9.69. The van der Waals surface area contributed by atoms with Gasteiger partial charge in [0.05, 0.1) is 0 Å². The molecule has 0 saturated carbocycles. The molecular weight excluding hydrogens is 349 g/mol. The molecule has 3 heterocycles. The van der Waals surface area contributed by atoms with E-state index in [4.69, 9.17) is 4.52 Å². The Labute approximate surface area is 155 Å². The number of rotatable bonds is 8. The second kappa shape index (κ2) is 6.66. The first-order valence-electron chi connectivity index (χ1n) is 9.76. The van der Waals surface area contributed by atoms with Gasteiger partial charge in [-0.25, -0.2) is 13.9 Å². The highest BCUT2D eigenvalue weighted by molar-refractivity contribution is 7.55. The van der Waals surface area contributed by atoms with Gasteiger partial charge in [0, 0.05) is 43.3 Å². The first-order valence-corrected chi connectivity index (χ1v) is 11.3. The third-order valence-corrected chi connectivity index (χ3v) is 8.46. The zero-order valence-electron chi connectivity index (χ0n) is 15.8. The van der Waals surface area contributed by atoms with Crippen LogP contribution in [0.3, 0.4) is 0 Å². The van der Waals surface area contributed by atoms with E-state index >= 15 is 0 Å². The zero-order valence-corrected chi connectivity index (χ0v) is 16.7. The summed E-state index contributed by atoms with van der Waals surface area (Å²) in [5, 5.41) is 0. The number of hydrogen-bond acceptors (Lipinski definition) is 3. The van der Waals surface area contributed by atoms with Gasteiger partial charge in [0.1, 0.15) is 5.75 Å². The molecule has 3 fully saturated rings. The Hall–Kier alpha value is -1.36. The Balaban J connectivity index is 1.46. The standard InChI is InChI=1S/C19H28N3O3P/c1-4-15-11-20(15)19(23)14-7-9-18(10-8-14)25-26(24,21-12-16(21)5-2)22-13-17(22)6-3/h7-10,15-17H,4-6,11-13H2,1-3H3. The summed E-state index contributed by atoms with van der Waals surface area (Å²) in [6, 6.07) is 8.22. The fourth-order valence-corrected chi connectivity index (χ4v) is 6.47. The average molecular weight is 377 g/mol. The van der Waals surface area contributed by atoms with Gasteiger partial charge in [-0.1, -0.05) is 20.8 Å². The van der Waals surface area contributed by atoms with E-state index in [-0.39, 0.29) is 5.91 Å². The van der Waals surface area contributed by atoms with Gasteiger partial charge < -0.3 is 9.42 Å². The SMILES string of the molecule is CCC1CN1C(=O)c1ccc(OP(=O)(N2CC2CC)N2CC2CC)cc1. The molecule has 5 unspecified atom stereocenters. The number of carbonyl (C=O) groups excluding carboxylic acids is 1. The lowest BCUT2D eigenvalue weighted by atomic mass is 10.2. The van der Waals surface area contributed by atoms with Crippen LogP contribution in [-0.2, 0) is 4.57 Å². The molecule has 4 rings (SSSR count). The summed E-state index contributed by atoms with van der Waals surface area (Å²) in [7, 11) is -3.00. The van der Waals surface area contributed by atoms with Crippen LogP contribution in [0.25, 0.3) is 0 Å². The monoisotopic (exact) mass is 377 g/mol. The van der Waals surface area contributed by atoms with E-state index in [2.05, 4.69) is 20.8 Å². The Morgan fingerprint density at radius 2 is 1.50 bits per heavy atom. The molecule has 26 heavy (non-hydrogen) atoms. The van der Waals surface area contributed by atoms with Crippen molar-refractivity contribution in [2.75, 3.05) is 19.6 Å². The van der Waals surface area contributed by atoms with Crippen LogP contribution < -0.4 is 4.52 Å². The molecule has 0 spiro atoms. The smallest absolute Gasteiger partial charge is 0.396 e. The van der Waals surface area contributed by atoms with E-state index in [1.54, 1.807) is 24.3 Å². The van der Waals surface area contributed by atoms with Gasteiger partial charge in [-0.15, -0.1) is 0 Å². The predicted octanol–water partition coefficient (Wildman–Crippen LogP) is 3.60. The number of nitrogens with zero attached hydrogens (tertiary/aromatic N) is 3. The van der Waals surface area contributed by atoms with Crippen molar-refractivity contribution in [1.82, 2.24) is 14.2 Å². The van der Waals surface area contributed by atoms with Crippen molar-refractivity contribution >= 4 is 13.6 Å². The molecule has 0 N–H and O–H groups in total. The zero-order chi connectivity index (χ0) is 18.5. The normalized spacial score (nSPS) is 34.1. The third-order valence-electron chi connectivity index (χ3n) is 5.74. The molecule has 0 bridgehead atoms. The fraction of sp³-hybridized carbons (Fsp3) is 0.632. The highest BCUT2D eigenvalue weighted by atomic mass is 31.2. The minimum Gasteiger partial charge on any atom is -0.422 e. The molecule has 1 aromatic rings. The van der Waals surface area contributed by atoms with Crippen LogP contribution in [0, 0.1) is 0 Å². The van der Waals surface area contributed by atoms with Gasteiger partial charge >= 0.3 is 7.67 Å². The second-order valence-electron chi connectivity index (χ2n) is 7.49. The Bertz CT molecular complexity index is 716. The summed E-state index contributed by atoms with van der Waals surface area (Å²) in [6.07, 6.45) is 2.97. The largest absolute Gasteiger partial charge is 0.422 e. The molecule has 5 atom stereocenters. The minimum absolute atomic E-state index is 0.0700. The summed E-state index contributed by atoms with van der Waals surface area (Å²) >= 11 is 0. The quantitative estimate of drug-likeness (QED) is 0.512. The van der Waals surface area contributed by atoms with E-state index in [9.17, 15) is 9.36 Å². The topological polar surface area (TPSA) is 52.4 Å². The minimum atomic E-state index is -3.00. The van der Waals surface area contributed by atoms with Gasteiger partial charge in [0.25, 0.3) is 5.91 Å². The molecule has 142 valence electrons. The van der Waals surface area contributed by atoms with E-state index in [1.807, 2.05) is 14.2 Å². The third kappa shape index (κ3) is 3.19. The molecule has 7 heteroatoms. The highest BCUT2D eigenvalue weighted by Crippen LogP contribution is 2.65. The molecule has 3 aliphatic rings. The fourth-order valence-electron chi connectivity index (χ4n) is 3.63. The van der Waals surface area contributed by atoms with Gasteiger partial charge in [-0.05, 0) is 43.5 Å². The first-order chi connectivity index (χ1) is 12.5. The summed E-state index contributed by atoms with van der Waals surface area (Å²) in [5.41, 5.74) is 0.666. The number of amides is 1. The van der Waals surface area contributed by atoms with Crippen molar-refractivity contribution in [3.05, 3.63) is 29.8 Å². The Morgan fingerprint density at radius 3 is 1.92 bits per heavy atom. The lowest BCUT2D eigenvalue weighted by Gasteiger charge is -2.22. The summed E-state index contributed by atoms with van der Waals surface area (Å²) in [6.45, 7) is 8.86. The summed E-state index contributed by atoms with van der Waals surface area (Å²) in [4.78, 5) is 14.3. The van der Waals surface area contributed by atoms with Gasteiger partial charge in [-0.2, -0.15) is 0 Å². The van der Waals surface area contributed by atoms with Crippen molar-refractivity contribution in [1.29, 1.82) is 0 Å². The molecular formula is C19H28N3O3P. The first kappa shape index (κ1) is 18.0. The molecule has 1 aromatic carbocycles. The maximum absolute atomic E-state index is 13.6. The van der Waals surface area contributed by atoms with Gasteiger partial charge in [0.15, 0.2) is 0 Å². The van der Waals surface area contributed by atoms with Crippen LogP contribution in [-0.4, -0.2) is 57.9 Å². The Morgan fingerprint density at radius 1 is 0.962 bits per heavy atom. The van der Waals surface area contributed by atoms with Crippen LogP contribution in [0.2, 0.25) is 0 Å². The Kier molecular flexibility index (Phi) is 4.62. The lowest BCUT2D eigenvalue weighted by Crippen LogP contribution is -2.15. The molecule has 1 amide bonds. The predicted molar refractivity (Wildman–Crippen MR) is 101 cm³/mol. The number of benzene rings is 1. The molecule has 0 radical (unpaired) electrons. The van der Waals surface area contributed by atoms with Crippen LogP contribution in [0.1, 0.15) is 50.4 Å². The van der Waals surface area contributed by atoms with Crippen molar-refractivity contribution in [3.8, 4) is 5.75 Å². The van der Waals surface area contributed by atoms with Gasteiger partial charge in [0.2, 0.25) is 0 Å². The maximum Gasteiger partial charge on any atom is 0.396 e. The maximum atomic E-state index is 13.6. The number of carbonyl (C=O) groups is 1. The number of hydrogen-bond donors (Lipinski definition) is 0. The lowest BCUT2D eigenvalue weighted by molar-refractivity contribution is 0.0873. The van der Waals surface area contributed by atoms with Crippen LogP contribution in [0.4, 0.5) is 0 Å². The summed E-state index contributed by atoms with van der Waals surface area (Å²) in [5.74, 6) is 0.645. The van der Waals surface area contributed by atoms with Crippen molar-refractivity contribution in [3.63, 3.8) is 0 Å². The van der Waals surface area contributed by atoms with Crippen molar-refractivity contribution in [2.45, 2.75) is 58.2 Å². The highest BCUT2D eigenvalue weighted by Gasteiger charge is 2.59. The molecule has 0 aliphatic carbocycles. The summed E-state index contributed by atoms with van der Waals surface area (Å²) < 4.78 is 23.7. The van der Waals surface area contributed by atoms with E-state index in [0.29, 0.717) is 29.4 Å². The van der Waals surface area contributed by atoms with Gasteiger partial charge in [-0.3, -0.25) is 4.79 Å². The van der Waals surface area contributed by atoms with Crippen molar-refractivity contribution < 1.29 is 13.9 Å². The van der Waals surface area contributed by atoms with E-state index < -0.39 is 7.67 Å². The van der Waals surface area contributed by atoms with Crippen molar-refractivity contribution in [2.24, 2.45) is 0 Å². The van der Waals surface area contributed by atoms with E-state index in [1.165, 1.54) is 0 Å². The average Bonchev–Trinajstić information content (AvgIpc) is 3.55. The van der Waals surface area contributed by atoms with Crippen LogP contribution in [0.15, 0.2) is 24.3 Å². The van der Waals surface area contributed by atoms with Crippen LogP contribution in [0.5, 0.6) is 5.75 Å². The van der Waals surface area contributed by atoms with E-state index in [0.717, 1.165) is 38.9 Å². The molecule has 3 aliphatic heterocycles.